The monoisotopic (exact) mass is 647 g/mol. The van der Waals surface area contributed by atoms with Crippen LogP contribution in [0, 0.1) is 0 Å². The Morgan fingerprint density at radius 2 is 1.85 bits per heavy atom. The molecule has 0 radical (unpaired) electrons. The van der Waals surface area contributed by atoms with Crippen LogP contribution in [0.2, 0.25) is 15.1 Å². The van der Waals surface area contributed by atoms with Crippen LogP contribution >= 0.6 is 46.1 Å². The van der Waals surface area contributed by atoms with E-state index in [1.165, 1.54) is 45.5 Å². The normalized spacial score (nSPS) is 14.8. The molecule has 1 unspecified atom stereocenters. The molecule has 0 spiro atoms. The minimum Gasteiger partial charge on any atom is -0.489 e. The summed E-state index contributed by atoms with van der Waals surface area (Å²) in [7, 11) is 0.539. The highest BCUT2D eigenvalue weighted by Crippen LogP contribution is 2.36. The summed E-state index contributed by atoms with van der Waals surface area (Å²) < 4.78 is 38.0. The Labute approximate surface area is 250 Å². The fourth-order valence-electron chi connectivity index (χ4n) is 3.39. The van der Waals surface area contributed by atoms with Gasteiger partial charge in [-0.15, -0.1) is 11.3 Å². The topological polar surface area (TPSA) is 133 Å². The van der Waals surface area contributed by atoms with Crippen molar-refractivity contribution in [3.63, 3.8) is 0 Å². The fourth-order valence-corrected chi connectivity index (χ4v) is 5.82. The molecule has 11 nitrogen and oxygen atoms in total. The second-order valence-electron chi connectivity index (χ2n) is 8.81. The van der Waals surface area contributed by atoms with Gasteiger partial charge in [0.05, 0.1) is 27.9 Å². The van der Waals surface area contributed by atoms with Gasteiger partial charge in [0.25, 0.3) is 22.0 Å². The maximum absolute atomic E-state index is 13.4. The van der Waals surface area contributed by atoms with Crippen LogP contribution in [0.4, 0.5) is 11.5 Å². The molecule has 214 valence electrons. The molecule has 2 amide bonds. The third-order valence-corrected chi connectivity index (χ3v) is 9.45. The highest BCUT2D eigenvalue weighted by atomic mass is 35.5. The fraction of sp³-hybridized carbons (Fsp3) is 0.292. The number of carbonyl (C=O) groups is 2. The second kappa shape index (κ2) is 12.6. The van der Waals surface area contributed by atoms with Crippen molar-refractivity contribution < 1.29 is 27.5 Å². The predicted molar refractivity (Wildman–Crippen MR) is 155 cm³/mol. The van der Waals surface area contributed by atoms with Crippen molar-refractivity contribution in [1.29, 1.82) is 0 Å². The molecule has 0 aliphatic carbocycles. The molecule has 2 N–H and O–H groups in total. The first-order valence-corrected chi connectivity index (χ1v) is 15.0. The van der Waals surface area contributed by atoms with Gasteiger partial charge in [-0.2, -0.15) is 17.0 Å². The van der Waals surface area contributed by atoms with E-state index in [0.717, 1.165) is 19.9 Å². The number of nitrogens with zero attached hydrogens (tertiary/aromatic N) is 3. The summed E-state index contributed by atoms with van der Waals surface area (Å²) in [4.78, 5) is 30.8. The van der Waals surface area contributed by atoms with Crippen LogP contribution in [-0.2, 0) is 21.5 Å². The van der Waals surface area contributed by atoms with Gasteiger partial charge in [-0.1, -0.05) is 34.8 Å². The molecule has 1 saturated heterocycles. The Balaban J connectivity index is 1.63. The van der Waals surface area contributed by atoms with E-state index in [1.807, 2.05) is 0 Å². The number of carbonyl (C=O) groups excluding carboxylic acids is 2. The molecule has 4 rings (SSSR count). The van der Waals surface area contributed by atoms with Crippen molar-refractivity contribution in [1.82, 2.24) is 13.6 Å². The summed E-state index contributed by atoms with van der Waals surface area (Å²) in [6.07, 6.45) is 1.27. The Morgan fingerprint density at radius 1 is 1.12 bits per heavy atom. The van der Waals surface area contributed by atoms with E-state index in [2.05, 4.69) is 15.6 Å². The van der Waals surface area contributed by atoms with Gasteiger partial charge in [0.1, 0.15) is 29.2 Å². The van der Waals surface area contributed by atoms with Crippen LogP contribution in [0.25, 0.3) is 0 Å². The van der Waals surface area contributed by atoms with Gasteiger partial charge >= 0.3 is 0 Å². The van der Waals surface area contributed by atoms with E-state index in [9.17, 15) is 18.0 Å². The van der Waals surface area contributed by atoms with Gasteiger partial charge in [0.15, 0.2) is 0 Å². The summed E-state index contributed by atoms with van der Waals surface area (Å²) in [6, 6.07) is 5.93. The average molecular weight is 649 g/mol. The first-order chi connectivity index (χ1) is 18.9. The van der Waals surface area contributed by atoms with Crippen molar-refractivity contribution in [3.8, 4) is 5.75 Å². The smallest absolute Gasteiger partial charge is 0.281 e. The van der Waals surface area contributed by atoms with E-state index in [4.69, 9.17) is 44.3 Å². The van der Waals surface area contributed by atoms with Crippen LogP contribution in [0.3, 0.4) is 0 Å². The molecule has 1 aliphatic rings. The van der Waals surface area contributed by atoms with Crippen molar-refractivity contribution in [3.05, 3.63) is 66.9 Å². The zero-order valence-electron chi connectivity index (χ0n) is 21.4. The molecular weight excluding hydrogens is 625 g/mol. The third kappa shape index (κ3) is 7.22. The number of epoxide rings is 1. The Hall–Kier alpha value is -2.49. The van der Waals surface area contributed by atoms with Gasteiger partial charge in [-0.05, 0) is 29.1 Å². The molecule has 40 heavy (non-hydrogen) atoms. The number of nitrogens with one attached hydrogen (secondary N) is 2. The standard InChI is InChI=1S/C24H24Cl3N5O6S2/c1-31(2)40(35,36)32(3)9-13-12-39-22(20(13)27)24(34)30-21-17(23(33)29-19-5-4-14(25)8-28-19)6-15(26)7-18(21)38-11-16-10-37-16/h4-8,12,16H,9-11H2,1-3H3,(H,30,34)(H,28,29,33). The lowest BCUT2D eigenvalue weighted by atomic mass is 10.1. The van der Waals surface area contributed by atoms with Gasteiger partial charge in [0.2, 0.25) is 0 Å². The van der Waals surface area contributed by atoms with Crippen molar-refractivity contribution in [2.75, 3.05) is 45.0 Å². The number of halogens is 3. The van der Waals surface area contributed by atoms with Gasteiger partial charge in [-0.3, -0.25) is 9.59 Å². The molecule has 3 aromatic rings. The van der Waals surface area contributed by atoms with Crippen molar-refractivity contribution >= 4 is 79.7 Å². The zero-order chi connectivity index (χ0) is 29.2. The maximum atomic E-state index is 13.4. The van der Waals surface area contributed by atoms with E-state index < -0.39 is 22.0 Å². The van der Waals surface area contributed by atoms with Crippen LogP contribution in [0.5, 0.6) is 5.75 Å². The summed E-state index contributed by atoms with van der Waals surface area (Å²) >= 11 is 19.7. The molecule has 1 aromatic carbocycles. The minimum absolute atomic E-state index is 0.00836. The number of rotatable bonds is 11. The Bertz CT molecular complexity index is 1530. The average Bonchev–Trinajstić information content (AvgIpc) is 3.66. The molecule has 3 heterocycles. The summed E-state index contributed by atoms with van der Waals surface area (Å²) in [6.45, 7) is 0.657. The highest BCUT2D eigenvalue weighted by molar-refractivity contribution is 7.86. The number of aromatic nitrogens is 1. The second-order valence-corrected chi connectivity index (χ2v) is 13.2. The quantitative estimate of drug-likeness (QED) is 0.290. The maximum Gasteiger partial charge on any atom is 0.281 e. The number of ether oxygens (including phenoxy) is 2. The van der Waals surface area contributed by atoms with Crippen molar-refractivity contribution in [2.24, 2.45) is 0 Å². The lowest BCUT2D eigenvalue weighted by molar-refractivity contribution is 0.102. The molecule has 0 saturated carbocycles. The summed E-state index contributed by atoms with van der Waals surface area (Å²) in [5.74, 6) is -0.875. The SMILES string of the molecule is CN(C)S(=O)(=O)N(C)Cc1csc(C(=O)Nc2c(OCC3CO3)cc(Cl)cc2C(=O)Nc2ccc(Cl)cn2)c1Cl. The number of pyridine rings is 1. The van der Waals surface area contributed by atoms with Crippen LogP contribution in [0.1, 0.15) is 25.6 Å². The molecular formula is C24H24Cl3N5O6S2. The number of thiophene rings is 1. The van der Waals surface area contributed by atoms with Gasteiger partial charge in [-0.25, -0.2) is 4.98 Å². The Kier molecular flexibility index (Phi) is 9.58. The number of hydrogen-bond acceptors (Lipinski definition) is 8. The van der Waals surface area contributed by atoms with Gasteiger partial charge < -0.3 is 20.1 Å². The molecule has 16 heteroatoms. The summed E-state index contributed by atoms with van der Waals surface area (Å²) in [5, 5.41) is 7.63. The van der Waals surface area contributed by atoms with E-state index in [0.29, 0.717) is 17.2 Å². The van der Waals surface area contributed by atoms with Gasteiger partial charge in [0, 0.05) is 45.0 Å². The zero-order valence-corrected chi connectivity index (χ0v) is 25.3. The predicted octanol–water partition coefficient (Wildman–Crippen LogP) is 4.62. The summed E-state index contributed by atoms with van der Waals surface area (Å²) in [5.41, 5.74) is 0.504. The lowest BCUT2D eigenvalue weighted by Crippen LogP contribution is -2.36. The van der Waals surface area contributed by atoms with Crippen LogP contribution in [0.15, 0.2) is 35.8 Å². The molecule has 1 fully saturated rings. The number of amides is 2. The number of benzene rings is 1. The lowest BCUT2D eigenvalue weighted by Gasteiger charge is -2.21. The van der Waals surface area contributed by atoms with E-state index in [-0.39, 0.29) is 57.0 Å². The van der Waals surface area contributed by atoms with Crippen LogP contribution < -0.4 is 15.4 Å². The first-order valence-electron chi connectivity index (χ1n) is 11.6. The van der Waals surface area contributed by atoms with E-state index >= 15 is 0 Å². The van der Waals surface area contributed by atoms with E-state index in [1.54, 1.807) is 11.4 Å². The number of anilines is 2. The third-order valence-electron chi connectivity index (χ3n) is 5.60. The van der Waals surface area contributed by atoms with Crippen LogP contribution in [-0.4, -0.2) is 74.3 Å². The largest absolute Gasteiger partial charge is 0.489 e. The number of hydrogen-bond donors (Lipinski definition) is 2. The highest BCUT2D eigenvalue weighted by Gasteiger charge is 2.28. The Morgan fingerprint density at radius 3 is 2.48 bits per heavy atom. The molecule has 2 aromatic heterocycles. The molecule has 1 aliphatic heterocycles. The molecule has 1 atom stereocenters. The van der Waals surface area contributed by atoms with Crippen molar-refractivity contribution in [2.45, 2.75) is 12.6 Å². The molecule has 0 bridgehead atoms. The minimum atomic E-state index is -3.70. The first kappa shape index (κ1) is 30.5.